The van der Waals surface area contributed by atoms with Crippen molar-refractivity contribution in [3.63, 3.8) is 0 Å². The van der Waals surface area contributed by atoms with Crippen LogP contribution in [0.1, 0.15) is 54.9 Å². The Morgan fingerprint density at radius 1 is 0.820 bits per heavy atom. The van der Waals surface area contributed by atoms with Crippen LogP contribution in [0.2, 0.25) is 0 Å². The molecule has 15 heteroatoms. The third kappa shape index (κ3) is 8.19. The summed E-state index contributed by atoms with van der Waals surface area (Å²) in [4.78, 5) is 19.1. The molecule has 2 aromatic heterocycles. The summed E-state index contributed by atoms with van der Waals surface area (Å²) in [5, 5.41) is 0.0176. The molecule has 0 spiro atoms. The molecule has 0 bridgehead atoms. The lowest BCUT2D eigenvalue weighted by atomic mass is 10.0. The molecule has 2 fully saturated rings. The van der Waals surface area contributed by atoms with Gasteiger partial charge in [-0.25, -0.2) is 23.7 Å². The summed E-state index contributed by atoms with van der Waals surface area (Å²) >= 11 is 0. The summed E-state index contributed by atoms with van der Waals surface area (Å²) in [7, 11) is 0. The molecule has 2 aliphatic rings. The Labute approximate surface area is 283 Å². The van der Waals surface area contributed by atoms with Crippen molar-refractivity contribution in [2.75, 3.05) is 54.1 Å². The normalized spacial score (nSPS) is 16.0. The second-order valence-corrected chi connectivity index (χ2v) is 12.7. The fraction of sp³-hybridized carbons (Fsp3) is 0.457. The Bertz CT molecular complexity index is 1760. The molecule has 0 atom stereocenters. The number of aromatic nitrogens is 3. The zero-order valence-corrected chi connectivity index (χ0v) is 27.3. The van der Waals surface area contributed by atoms with Crippen LogP contribution in [0.15, 0.2) is 48.8 Å². The molecular weight excluding hydrogens is 672 g/mol. The number of rotatable bonds is 10. The minimum atomic E-state index is -5.04. The summed E-state index contributed by atoms with van der Waals surface area (Å²) < 4.78 is 118. The molecule has 2 aromatic carbocycles. The van der Waals surface area contributed by atoms with E-state index in [9.17, 15) is 30.7 Å². The van der Waals surface area contributed by atoms with Crippen LogP contribution in [0.25, 0.3) is 10.9 Å². The van der Waals surface area contributed by atoms with E-state index >= 15 is 4.39 Å². The first-order valence-electron chi connectivity index (χ1n) is 16.5. The molecule has 0 amide bonds. The van der Waals surface area contributed by atoms with E-state index in [1.165, 1.54) is 23.4 Å². The standard InChI is InChI=1S/C35H36F8N6O/c1-2-47(19-22-5-3-4-6-22)32-24(13-29-30(37)15-27(36)16-31(29)46-32)21-49(33-44-17-28(18-45-33)48-7-9-50-10-8-48)20-23-11-25(34(38,39)40)14-26(12-23)35(41,42)43/h11-18,22H,2-10,19-21H2,1H3. The lowest BCUT2D eigenvalue weighted by molar-refractivity contribution is -0.143. The van der Waals surface area contributed by atoms with E-state index < -0.39 is 41.7 Å². The average Bonchev–Trinajstić information content (AvgIpc) is 3.60. The van der Waals surface area contributed by atoms with Crippen LogP contribution in [0.5, 0.6) is 0 Å². The van der Waals surface area contributed by atoms with Gasteiger partial charge in [-0.2, -0.15) is 26.3 Å². The molecule has 0 unspecified atom stereocenters. The first kappa shape index (κ1) is 35.6. The van der Waals surface area contributed by atoms with Crippen molar-refractivity contribution < 1.29 is 39.9 Å². The van der Waals surface area contributed by atoms with E-state index in [0.717, 1.165) is 37.8 Å². The van der Waals surface area contributed by atoms with Crippen molar-refractivity contribution in [3.8, 4) is 0 Å². The molecule has 0 radical (unpaired) electrons. The van der Waals surface area contributed by atoms with Gasteiger partial charge in [0.15, 0.2) is 0 Å². The zero-order valence-electron chi connectivity index (χ0n) is 27.3. The van der Waals surface area contributed by atoms with Gasteiger partial charge in [0.05, 0.1) is 47.9 Å². The van der Waals surface area contributed by atoms with Gasteiger partial charge in [-0.1, -0.05) is 12.8 Å². The first-order valence-corrected chi connectivity index (χ1v) is 16.5. The lowest BCUT2D eigenvalue weighted by Crippen LogP contribution is -2.36. The quantitative estimate of drug-likeness (QED) is 0.154. The third-order valence-corrected chi connectivity index (χ3v) is 9.20. The van der Waals surface area contributed by atoms with Gasteiger partial charge in [0.2, 0.25) is 5.95 Å². The highest BCUT2D eigenvalue weighted by Crippen LogP contribution is 2.38. The van der Waals surface area contributed by atoms with Gasteiger partial charge in [0.25, 0.3) is 0 Å². The molecule has 7 nitrogen and oxygen atoms in total. The Morgan fingerprint density at radius 2 is 1.46 bits per heavy atom. The van der Waals surface area contributed by atoms with Crippen LogP contribution >= 0.6 is 0 Å². The van der Waals surface area contributed by atoms with Crippen LogP contribution in [-0.2, 0) is 30.2 Å². The maximum absolute atomic E-state index is 15.2. The van der Waals surface area contributed by atoms with E-state index in [-0.39, 0.29) is 35.0 Å². The number of anilines is 3. The molecule has 0 N–H and O–H groups in total. The zero-order chi connectivity index (χ0) is 35.6. The van der Waals surface area contributed by atoms with Crippen LogP contribution in [0, 0.1) is 17.6 Å². The number of morpholine rings is 1. The van der Waals surface area contributed by atoms with Gasteiger partial charge in [-0.05, 0) is 55.5 Å². The Morgan fingerprint density at radius 3 is 2.06 bits per heavy atom. The number of hydrogen-bond donors (Lipinski definition) is 0. The van der Waals surface area contributed by atoms with Crippen molar-refractivity contribution in [1.82, 2.24) is 15.0 Å². The topological polar surface area (TPSA) is 57.6 Å². The Balaban J connectivity index is 1.45. The highest BCUT2D eigenvalue weighted by atomic mass is 19.4. The van der Waals surface area contributed by atoms with Crippen molar-refractivity contribution in [2.45, 2.75) is 58.0 Å². The summed E-state index contributed by atoms with van der Waals surface area (Å²) in [5.41, 5.74) is -2.01. The number of halogens is 8. The van der Waals surface area contributed by atoms with Gasteiger partial charge >= 0.3 is 12.4 Å². The number of hydrogen-bond acceptors (Lipinski definition) is 7. The average molecular weight is 709 g/mol. The van der Waals surface area contributed by atoms with E-state index in [1.54, 1.807) is 0 Å². The summed E-state index contributed by atoms with van der Waals surface area (Å²) in [5.74, 6) is -0.864. The lowest BCUT2D eigenvalue weighted by Gasteiger charge is -2.31. The third-order valence-electron chi connectivity index (χ3n) is 9.20. The van der Waals surface area contributed by atoms with Gasteiger partial charge in [-0.3, -0.25) is 0 Å². The molecule has 1 saturated heterocycles. The predicted molar refractivity (Wildman–Crippen MR) is 173 cm³/mol. The molecule has 4 aromatic rings. The van der Waals surface area contributed by atoms with E-state index in [2.05, 4.69) is 9.97 Å². The van der Waals surface area contributed by atoms with Crippen molar-refractivity contribution >= 4 is 28.4 Å². The molecule has 1 saturated carbocycles. The van der Waals surface area contributed by atoms with E-state index in [0.29, 0.717) is 74.5 Å². The van der Waals surface area contributed by atoms with Crippen LogP contribution in [0.3, 0.4) is 0 Å². The number of nitrogens with zero attached hydrogens (tertiary/aromatic N) is 6. The summed E-state index contributed by atoms with van der Waals surface area (Å²) in [6, 6.07) is 4.79. The van der Waals surface area contributed by atoms with E-state index in [1.807, 2.05) is 16.7 Å². The fourth-order valence-corrected chi connectivity index (χ4v) is 6.69. The minimum absolute atomic E-state index is 0.0176. The smallest absolute Gasteiger partial charge is 0.378 e. The van der Waals surface area contributed by atoms with Gasteiger partial charge in [-0.15, -0.1) is 0 Å². The van der Waals surface area contributed by atoms with Crippen molar-refractivity contribution in [3.05, 3.63) is 82.7 Å². The molecule has 3 heterocycles. The van der Waals surface area contributed by atoms with Crippen molar-refractivity contribution in [1.29, 1.82) is 0 Å². The fourth-order valence-electron chi connectivity index (χ4n) is 6.69. The summed E-state index contributed by atoms with van der Waals surface area (Å²) in [6.07, 6.45) is -2.83. The van der Waals surface area contributed by atoms with Crippen LogP contribution in [-0.4, -0.2) is 54.3 Å². The predicted octanol–water partition coefficient (Wildman–Crippen LogP) is 8.40. The van der Waals surface area contributed by atoms with Gasteiger partial charge < -0.3 is 19.4 Å². The Hall–Kier alpha value is -4.27. The number of alkyl halides is 6. The van der Waals surface area contributed by atoms with Crippen molar-refractivity contribution in [2.24, 2.45) is 5.92 Å². The number of ether oxygens (including phenoxy) is 1. The van der Waals surface area contributed by atoms with E-state index in [4.69, 9.17) is 9.72 Å². The second-order valence-electron chi connectivity index (χ2n) is 12.7. The molecule has 1 aliphatic heterocycles. The molecule has 6 rings (SSSR count). The maximum atomic E-state index is 15.2. The minimum Gasteiger partial charge on any atom is -0.378 e. The molecule has 268 valence electrons. The number of pyridine rings is 1. The largest absolute Gasteiger partial charge is 0.416 e. The van der Waals surface area contributed by atoms with Gasteiger partial charge in [0, 0.05) is 62.4 Å². The van der Waals surface area contributed by atoms with Crippen LogP contribution in [0.4, 0.5) is 52.6 Å². The SMILES string of the molecule is CCN(CC1CCCC1)c1nc2cc(F)cc(F)c2cc1CN(Cc1cc(C(F)(F)F)cc(C(F)(F)F)c1)c1ncc(N2CCOCC2)cn1. The molecule has 50 heavy (non-hydrogen) atoms. The molecule has 1 aliphatic carbocycles. The maximum Gasteiger partial charge on any atom is 0.416 e. The van der Waals surface area contributed by atoms with Crippen LogP contribution < -0.4 is 14.7 Å². The first-order chi connectivity index (χ1) is 23.8. The number of benzene rings is 2. The highest BCUT2D eigenvalue weighted by molar-refractivity contribution is 5.83. The molecular formula is C35H36F8N6O. The number of fused-ring (bicyclic) bond motifs is 1. The second kappa shape index (κ2) is 14.5. The highest BCUT2D eigenvalue weighted by Gasteiger charge is 2.37. The summed E-state index contributed by atoms with van der Waals surface area (Å²) in [6.45, 7) is 4.58. The van der Waals surface area contributed by atoms with Gasteiger partial charge in [0.1, 0.15) is 17.5 Å². The monoisotopic (exact) mass is 708 g/mol. The Kier molecular flexibility index (Phi) is 10.3.